The Morgan fingerprint density at radius 1 is 1.21 bits per heavy atom. The van der Waals surface area contributed by atoms with Gasteiger partial charge in [-0.1, -0.05) is 31.2 Å². The molecule has 28 heavy (non-hydrogen) atoms. The lowest BCUT2D eigenvalue weighted by Gasteiger charge is -2.29. The number of nitrogens with one attached hydrogen (secondary N) is 2. The number of thiophene rings is 1. The third kappa shape index (κ3) is 4.18. The lowest BCUT2D eigenvalue weighted by molar-refractivity contribution is -0.905. The molecule has 6 heteroatoms. The van der Waals surface area contributed by atoms with E-state index in [0.29, 0.717) is 5.56 Å². The van der Waals surface area contributed by atoms with Gasteiger partial charge in [0.15, 0.2) is 0 Å². The Bertz CT molecular complexity index is 896. The standard InChI is InChI=1S/C22H26N4OS/c1-2-12-25-13-10-17(11-14-25)23-22(27)19-16-26(18-7-4-3-5-8-18)24-21(19)20-9-6-15-28-20/h3-9,15-17H,2,10-14H2,1H3,(H,23,27)/p+1. The van der Waals surface area contributed by atoms with Crippen molar-refractivity contribution in [1.82, 2.24) is 15.1 Å². The quantitative estimate of drug-likeness (QED) is 0.674. The van der Waals surface area contributed by atoms with Gasteiger partial charge in [0.25, 0.3) is 5.91 Å². The average molecular weight is 396 g/mol. The highest BCUT2D eigenvalue weighted by molar-refractivity contribution is 7.13. The van der Waals surface area contributed by atoms with E-state index in [1.165, 1.54) is 13.0 Å². The van der Waals surface area contributed by atoms with Crippen molar-refractivity contribution in [3.05, 3.63) is 59.6 Å². The molecule has 4 rings (SSSR count). The first-order valence-electron chi connectivity index (χ1n) is 10.1. The lowest BCUT2D eigenvalue weighted by Crippen LogP contribution is -3.13. The number of hydrogen-bond donors (Lipinski definition) is 2. The average Bonchev–Trinajstić information content (AvgIpc) is 3.40. The van der Waals surface area contributed by atoms with E-state index in [0.717, 1.165) is 42.2 Å². The van der Waals surface area contributed by atoms with E-state index in [-0.39, 0.29) is 11.9 Å². The number of hydrogen-bond acceptors (Lipinski definition) is 3. The monoisotopic (exact) mass is 395 g/mol. The van der Waals surface area contributed by atoms with Crippen molar-refractivity contribution in [2.45, 2.75) is 32.2 Å². The zero-order valence-corrected chi connectivity index (χ0v) is 17.0. The molecular weight excluding hydrogens is 368 g/mol. The molecule has 0 aliphatic carbocycles. The highest BCUT2D eigenvalue weighted by atomic mass is 32.1. The van der Waals surface area contributed by atoms with E-state index >= 15 is 0 Å². The summed E-state index contributed by atoms with van der Waals surface area (Å²) in [6, 6.07) is 14.2. The third-order valence-electron chi connectivity index (χ3n) is 5.37. The molecule has 1 aliphatic rings. The Balaban J connectivity index is 1.54. The number of aromatic nitrogens is 2. The molecule has 0 radical (unpaired) electrons. The largest absolute Gasteiger partial charge is 0.349 e. The van der Waals surface area contributed by atoms with Gasteiger partial charge in [-0.2, -0.15) is 5.10 Å². The number of rotatable bonds is 6. The second kappa shape index (κ2) is 8.71. The first-order valence-corrected chi connectivity index (χ1v) is 11.0. The zero-order valence-electron chi connectivity index (χ0n) is 16.2. The molecule has 146 valence electrons. The van der Waals surface area contributed by atoms with Gasteiger partial charge < -0.3 is 10.2 Å². The van der Waals surface area contributed by atoms with Gasteiger partial charge in [-0.05, 0) is 30.0 Å². The van der Waals surface area contributed by atoms with Gasteiger partial charge in [0, 0.05) is 25.1 Å². The van der Waals surface area contributed by atoms with E-state index in [1.54, 1.807) is 20.9 Å². The summed E-state index contributed by atoms with van der Waals surface area (Å²) in [6.07, 6.45) is 5.16. The topological polar surface area (TPSA) is 51.4 Å². The molecule has 2 N–H and O–H groups in total. The number of benzene rings is 1. The molecule has 0 spiro atoms. The molecule has 0 atom stereocenters. The number of amides is 1. The third-order valence-corrected chi connectivity index (χ3v) is 6.24. The van der Waals surface area contributed by atoms with Gasteiger partial charge in [0.1, 0.15) is 5.69 Å². The summed E-state index contributed by atoms with van der Waals surface area (Å²) in [7, 11) is 0. The van der Waals surface area contributed by atoms with Gasteiger partial charge in [-0.25, -0.2) is 4.68 Å². The van der Waals surface area contributed by atoms with Gasteiger partial charge in [0.2, 0.25) is 0 Å². The molecule has 2 aromatic heterocycles. The lowest BCUT2D eigenvalue weighted by atomic mass is 10.0. The molecule has 1 amide bonds. The van der Waals surface area contributed by atoms with Crippen LogP contribution in [0.3, 0.4) is 0 Å². The number of para-hydroxylation sites is 1. The number of quaternary nitrogens is 1. The van der Waals surface area contributed by atoms with Crippen LogP contribution in [0.15, 0.2) is 54.0 Å². The van der Waals surface area contributed by atoms with E-state index in [1.807, 2.05) is 54.0 Å². The van der Waals surface area contributed by atoms with E-state index in [4.69, 9.17) is 5.10 Å². The van der Waals surface area contributed by atoms with Crippen LogP contribution in [-0.2, 0) is 0 Å². The van der Waals surface area contributed by atoms with Crippen LogP contribution in [0.1, 0.15) is 36.5 Å². The maximum atomic E-state index is 13.1. The molecular formula is C22H27N4OS+. The van der Waals surface area contributed by atoms with Crippen molar-refractivity contribution < 1.29 is 9.69 Å². The fourth-order valence-electron chi connectivity index (χ4n) is 3.89. The molecule has 3 heterocycles. The molecule has 1 aromatic carbocycles. The minimum Gasteiger partial charge on any atom is -0.349 e. The smallest absolute Gasteiger partial charge is 0.255 e. The van der Waals surface area contributed by atoms with Crippen molar-refractivity contribution in [2.24, 2.45) is 0 Å². The van der Waals surface area contributed by atoms with Crippen molar-refractivity contribution in [3.63, 3.8) is 0 Å². The predicted molar refractivity (Wildman–Crippen MR) is 113 cm³/mol. The molecule has 1 saturated heterocycles. The number of carbonyl (C=O) groups excluding carboxylic acids is 1. The fraction of sp³-hybridized carbons (Fsp3) is 0.364. The fourth-order valence-corrected chi connectivity index (χ4v) is 4.61. The van der Waals surface area contributed by atoms with Crippen LogP contribution in [0.2, 0.25) is 0 Å². The van der Waals surface area contributed by atoms with Crippen LogP contribution in [0, 0.1) is 0 Å². The van der Waals surface area contributed by atoms with Crippen LogP contribution < -0.4 is 10.2 Å². The first kappa shape index (κ1) is 18.9. The Labute approximate surface area is 170 Å². The van der Waals surface area contributed by atoms with Crippen molar-refractivity contribution >= 4 is 17.2 Å². The van der Waals surface area contributed by atoms with Crippen LogP contribution in [-0.4, -0.2) is 41.4 Å². The number of nitrogens with zero attached hydrogens (tertiary/aromatic N) is 2. The normalized spacial score (nSPS) is 19.5. The first-order chi connectivity index (χ1) is 13.7. The van der Waals surface area contributed by atoms with Gasteiger partial charge in [-0.15, -0.1) is 11.3 Å². The Kier molecular flexibility index (Phi) is 5.88. The summed E-state index contributed by atoms with van der Waals surface area (Å²) >= 11 is 1.61. The second-order valence-corrected chi connectivity index (χ2v) is 8.34. The van der Waals surface area contributed by atoms with E-state index < -0.39 is 0 Å². The SMILES string of the molecule is CCC[NH+]1CCC(NC(=O)c2cn(-c3ccccc3)nc2-c2cccs2)CC1. The maximum Gasteiger partial charge on any atom is 0.255 e. The number of likely N-dealkylation sites (tertiary alicyclic amines) is 1. The Morgan fingerprint density at radius 3 is 2.68 bits per heavy atom. The van der Waals surface area contributed by atoms with E-state index in [2.05, 4.69) is 12.2 Å². The Morgan fingerprint density at radius 2 is 2.00 bits per heavy atom. The van der Waals surface area contributed by atoms with Crippen LogP contribution >= 0.6 is 11.3 Å². The Hall–Kier alpha value is -2.44. The van der Waals surface area contributed by atoms with E-state index in [9.17, 15) is 4.79 Å². The van der Waals surface area contributed by atoms with Crippen molar-refractivity contribution in [3.8, 4) is 16.3 Å². The van der Waals surface area contributed by atoms with Crippen LogP contribution in [0.5, 0.6) is 0 Å². The summed E-state index contributed by atoms with van der Waals surface area (Å²) in [5.74, 6) is -0.0190. The van der Waals surface area contributed by atoms with Gasteiger partial charge in [0.05, 0.1) is 35.8 Å². The number of piperidine rings is 1. The van der Waals surface area contributed by atoms with Gasteiger partial charge in [-0.3, -0.25) is 4.79 Å². The summed E-state index contributed by atoms with van der Waals surface area (Å²) < 4.78 is 1.80. The second-order valence-electron chi connectivity index (χ2n) is 7.40. The minimum atomic E-state index is -0.0190. The molecule has 3 aromatic rings. The summed E-state index contributed by atoms with van der Waals surface area (Å²) in [5.41, 5.74) is 2.36. The maximum absolute atomic E-state index is 13.1. The molecule has 5 nitrogen and oxygen atoms in total. The highest BCUT2D eigenvalue weighted by Crippen LogP contribution is 2.28. The highest BCUT2D eigenvalue weighted by Gasteiger charge is 2.26. The molecule has 0 saturated carbocycles. The minimum absolute atomic E-state index is 0.0190. The molecule has 0 unspecified atom stereocenters. The van der Waals surface area contributed by atoms with Gasteiger partial charge >= 0.3 is 0 Å². The summed E-state index contributed by atoms with van der Waals surface area (Å²) in [5, 5.41) is 10.0. The van der Waals surface area contributed by atoms with Crippen LogP contribution in [0.4, 0.5) is 0 Å². The summed E-state index contributed by atoms with van der Waals surface area (Å²) in [6.45, 7) is 5.74. The molecule has 1 fully saturated rings. The van der Waals surface area contributed by atoms with Crippen LogP contribution in [0.25, 0.3) is 16.3 Å². The number of carbonyl (C=O) groups is 1. The van der Waals surface area contributed by atoms with Crippen molar-refractivity contribution in [1.29, 1.82) is 0 Å². The summed E-state index contributed by atoms with van der Waals surface area (Å²) in [4.78, 5) is 15.8. The molecule has 0 bridgehead atoms. The molecule has 1 aliphatic heterocycles. The van der Waals surface area contributed by atoms with Crippen molar-refractivity contribution in [2.75, 3.05) is 19.6 Å². The zero-order chi connectivity index (χ0) is 19.3. The predicted octanol–water partition coefficient (Wildman–Crippen LogP) is 2.79.